The Kier molecular flexibility index (Phi) is 6.81. The second-order valence-corrected chi connectivity index (χ2v) is 9.78. The molecule has 7 heteroatoms. The van der Waals surface area contributed by atoms with Crippen molar-refractivity contribution in [1.82, 2.24) is 5.32 Å². The first-order valence-electron chi connectivity index (χ1n) is 10.4. The summed E-state index contributed by atoms with van der Waals surface area (Å²) in [5, 5.41) is 2.97. The van der Waals surface area contributed by atoms with Gasteiger partial charge < -0.3 is 5.32 Å². The molecule has 0 bridgehead atoms. The lowest BCUT2D eigenvalue weighted by atomic mass is 9.89. The highest BCUT2D eigenvalue weighted by molar-refractivity contribution is 7.92. The fourth-order valence-electron chi connectivity index (χ4n) is 4.06. The summed E-state index contributed by atoms with van der Waals surface area (Å²) in [6.45, 7) is 3.66. The first-order chi connectivity index (χ1) is 14.2. The maximum absolute atomic E-state index is 13.3. The summed E-state index contributed by atoms with van der Waals surface area (Å²) < 4.78 is 39.4. The first kappa shape index (κ1) is 22.3. The van der Waals surface area contributed by atoms with E-state index in [-0.39, 0.29) is 24.1 Å². The smallest absolute Gasteiger partial charge is 0.244 e. The van der Waals surface area contributed by atoms with Crippen molar-refractivity contribution in [3.8, 4) is 0 Å². The molecule has 1 N–H and O–H groups in total. The Morgan fingerprint density at radius 2 is 1.73 bits per heavy atom. The maximum Gasteiger partial charge on any atom is 0.244 e. The van der Waals surface area contributed by atoms with Crippen LogP contribution in [0, 0.1) is 5.82 Å². The number of carbonyl (C=O) groups is 1. The Morgan fingerprint density at radius 3 is 2.33 bits per heavy atom. The van der Waals surface area contributed by atoms with Crippen LogP contribution in [0.15, 0.2) is 42.5 Å². The molecule has 1 amide bonds. The number of halogens is 1. The minimum atomic E-state index is -3.75. The highest BCUT2D eigenvalue weighted by atomic mass is 32.2. The molecule has 0 saturated carbocycles. The number of nitrogens with one attached hydrogen (secondary N) is 1. The molecule has 2 aromatic rings. The number of benzene rings is 2. The predicted octanol–water partition coefficient (Wildman–Crippen LogP) is 4.13. The Labute approximate surface area is 178 Å². The molecule has 0 fully saturated rings. The van der Waals surface area contributed by atoms with Gasteiger partial charge in [0.15, 0.2) is 0 Å². The number of aryl methyl sites for hydroxylation is 2. The van der Waals surface area contributed by atoms with Gasteiger partial charge in [-0.25, -0.2) is 12.8 Å². The van der Waals surface area contributed by atoms with Crippen molar-refractivity contribution in [3.63, 3.8) is 0 Å². The highest BCUT2D eigenvalue weighted by Gasteiger charge is 2.32. The van der Waals surface area contributed by atoms with E-state index >= 15 is 0 Å². The number of hydrogen-bond acceptors (Lipinski definition) is 3. The van der Waals surface area contributed by atoms with Gasteiger partial charge >= 0.3 is 0 Å². The van der Waals surface area contributed by atoms with E-state index in [9.17, 15) is 17.6 Å². The van der Waals surface area contributed by atoms with Crippen LogP contribution >= 0.6 is 0 Å². The number of hydrogen-bond donors (Lipinski definition) is 1. The maximum atomic E-state index is 13.3. The average Bonchev–Trinajstić information content (AvgIpc) is 2.71. The second-order valence-electron chi connectivity index (χ2n) is 7.92. The molecule has 162 valence electrons. The summed E-state index contributed by atoms with van der Waals surface area (Å²) in [4.78, 5) is 13.1. The van der Waals surface area contributed by atoms with E-state index in [0.29, 0.717) is 0 Å². The van der Waals surface area contributed by atoms with Crippen LogP contribution in [0.4, 0.5) is 10.1 Å². The van der Waals surface area contributed by atoms with Gasteiger partial charge in [0.25, 0.3) is 0 Å². The van der Waals surface area contributed by atoms with Gasteiger partial charge in [-0.1, -0.05) is 25.1 Å². The highest BCUT2D eigenvalue weighted by Crippen LogP contribution is 2.26. The molecule has 0 heterocycles. The number of fused-ring (bicyclic) bond motifs is 1. The topological polar surface area (TPSA) is 66.5 Å². The van der Waals surface area contributed by atoms with Crippen LogP contribution in [0.1, 0.15) is 55.8 Å². The predicted molar refractivity (Wildman–Crippen MR) is 117 cm³/mol. The molecule has 1 aliphatic carbocycles. The monoisotopic (exact) mass is 432 g/mol. The summed E-state index contributed by atoms with van der Waals surface area (Å²) in [6, 6.07) is 10.3. The SMILES string of the molecule is CC[C@H](C(=O)N[C@@H](C)c1ccc2c(c1)CCCC2)N(c1ccc(F)cc1)S(C)(=O)=O. The molecule has 0 radical (unpaired) electrons. The second kappa shape index (κ2) is 9.16. The lowest BCUT2D eigenvalue weighted by Crippen LogP contribution is -2.49. The summed E-state index contributed by atoms with van der Waals surface area (Å²) in [6.07, 6.45) is 5.87. The number of rotatable bonds is 7. The standard InChI is InChI=1S/C23H29FN2O3S/c1-4-22(26(30(3,28)29)21-13-11-20(24)12-14-21)23(27)25-16(2)18-10-9-17-7-5-6-8-19(17)15-18/h9-16,22H,4-8H2,1-3H3,(H,25,27)/t16-,22+/m0/s1. The molecule has 0 aromatic heterocycles. The van der Waals surface area contributed by atoms with Gasteiger partial charge in [0.05, 0.1) is 18.0 Å². The third-order valence-corrected chi connectivity index (χ3v) is 6.82. The van der Waals surface area contributed by atoms with Gasteiger partial charge in [-0.2, -0.15) is 0 Å². The van der Waals surface area contributed by atoms with Gasteiger partial charge in [0, 0.05) is 0 Å². The van der Waals surface area contributed by atoms with E-state index < -0.39 is 21.9 Å². The number of sulfonamides is 1. The molecule has 1 aliphatic rings. The van der Waals surface area contributed by atoms with Gasteiger partial charge in [-0.05, 0) is 80.0 Å². The molecular formula is C23H29FN2O3S. The molecule has 3 rings (SSSR count). The normalized spacial score (nSPS) is 15.7. The average molecular weight is 433 g/mol. The van der Waals surface area contributed by atoms with Crippen molar-refractivity contribution in [2.45, 2.75) is 58.0 Å². The summed E-state index contributed by atoms with van der Waals surface area (Å²) in [5.41, 5.74) is 3.97. The van der Waals surface area contributed by atoms with Gasteiger partial charge in [-0.3, -0.25) is 9.10 Å². The van der Waals surface area contributed by atoms with Crippen LogP contribution in [0.2, 0.25) is 0 Å². The molecule has 0 unspecified atom stereocenters. The molecule has 2 atom stereocenters. The minimum Gasteiger partial charge on any atom is -0.348 e. The first-order valence-corrected chi connectivity index (χ1v) is 12.2. The van der Waals surface area contributed by atoms with Crippen LogP contribution < -0.4 is 9.62 Å². The van der Waals surface area contributed by atoms with Crippen LogP contribution in [0.5, 0.6) is 0 Å². The molecule has 30 heavy (non-hydrogen) atoms. The van der Waals surface area contributed by atoms with Crippen LogP contribution in [-0.2, 0) is 27.7 Å². The largest absolute Gasteiger partial charge is 0.348 e. The Bertz CT molecular complexity index is 1010. The van der Waals surface area contributed by atoms with Crippen molar-refractivity contribution in [3.05, 3.63) is 65.0 Å². The van der Waals surface area contributed by atoms with Crippen LogP contribution in [0.25, 0.3) is 0 Å². The minimum absolute atomic E-state index is 0.256. The van der Waals surface area contributed by atoms with Gasteiger partial charge in [-0.15, -0.1) is 0 Å². The summed E-state index contributed by atoms with van der Waals surface area (Å²) in [5.74, 6) is -0.844. The lowest BCUT2D eigenvalue weighted by molar-refractivity contribution is -0.122. The van der Waals surface area contributed by atoms with E-state index in [1.807, 2.05) is 13.0 Å². The van der Waals surface area contributed by atoms with E-state index in [1.54, 1.807) is 6.92 Å². The summed E-state index contributed by atoms with van der Waals surface area (Å²) in [7, 11) is -3.75. The van der Waals surface area contributed by atoms with Crippen molar-refractivity contribution >= 4 is 21.6 Å². The lowest BCUT2D eigenvalue weighted by Gasteiger charge is -2.31. The van der Waals surface area contributed by atoms with Gasteiger partial charge in [0.1, 0.15) is 11.9 Å². The van der Waals surface area contributed by atoms with Crippen LogP contribution in [0.3, 0.4) is 0 Å². The van der Waals surface area contributed by atoms with Crippen LogP contribution in [-0.4, -0.2) is 26.6 Å². The number of anilines is 1. The number of amides is 1. The summed E-state index contributed by atoms with van der Waals surface area (Å²) >= 11 is 0. The molecular weight excluding hydrogens is 403 g/mol. The third-order valence-electron chi connectivity index (χ3n) is 5.64. The van der Waals surface area contributed by atoms with E-state index in [1.165, 1.54) is 48.2 Å². The fourth-order valence-corrected chi connectivity index (χ4v) is 5.28. The Hall–Kier alpha value is -2.41. The zero-order valence-corrected chi connectivity index (χ0v) is 18.5. The molecule has 2 aromatic carbocycles. The molecule has 0 saturated heterocycles. The molecule has 0 aliphatic heterocycles. The fraction of sp³-hybridized carbons (Fsp3) is 0.435. The third kappa shape index (κ3) is 5.01. The van der Waals surface area contributed by atoms with E-state index in [2.05, 4.69) is 17.4 Å². The molecule has 5 nitrogen and oxygen atoms in total. The van der Waals surface area contributed by atoms with Crippen molar-refractivity contribution in [1.29, 1.82) is 0 Å². The van der Waals surface area contributed by atoms with Crippen molar-refractivity contribution in [2.75, 3.05) is 10.6 Å². The Balaban J connectivity index is 1.82. The zero-order chi connectivity index (χ0) is 21.9. The quantitative estimate of drug-likeness (QED) is 0.716. The van der Waals surface area contributed by atoms with Gasteiger partial charge in [0.2, 0.25) is 15.9 Å². The Morgan fingerprint density at radius 1 is 1.10 bits per heavy atom. The molecule has 0 spiro atoms. The van der Waals surface area contributed by atoms with Crippen molar-refractivity contribution < 1.29 is 17.6 Å². The van der Waals surface area contributed by atoms with E-state index in [0.717, 1.165) is 29.0 Å². The zero-order valence-electron chi connectivity index (χ0n) is 17.7. The van der Waals surface area contributed by atoms with E-state index in [4.69, 9.17) is 0 Å². The number of carbonyl (C=O) groups excluding carboxylic acids is 1. The van der Waals surface area contributed by atoms with Crippen molar-refractivity contribution in [2.24, 2.45) is 0 Å². The number of nitrogens with zero attached hydrogens (tertiary/aromatic N) is 1.